The van der Waals surface area contributed by atoms with E-state index >= 15 is 0 Å². The van der Waals surface area contributed by atoms with Gasteiger partial charge in [-0.05, 0) is 73.6 Å². The quantitative estimate of drug-likeness (QED) is 0.325. The lowest BCUT2D eigenvalue weighted by Gasteiger charge is -2.21. The summed E-state index contributed by atoms with van der Waals surface area (Å²) in [5.41, 5.74) is 7.96. The largest absolute Gasteiger partial charge is 0.486 e. The maximum absolute atomic E-state index is 14.8. The van der Waals surface area contributed by atoms with Gasteiger partial charge in [-0.1, -0.05) is 19.6 Å². The fourth-order valence-corrected chi connectivity index (χ4v) is 4.34. The molecule has 3 N–H and O–H groups in total. The lowest BCUT2D eigenvalue weighted by Crippen LogP contribution is -2.34. The van der Waals surface area contributed by atoms with Gasteiger partial charge in [-0.3, -0.25) is 9.59 Å². The number of anilines is 2. The number of hydrogen-bond donors (Lipinski definition) is 2. The zero-order valence-corrected chi connectivity index (χ0v) is 22.0. The lowest BCUT2D eigenvalue weighted by molar-refractivity contribution is -0.126. The molecule has 0 aliphatic heterocycles. The Labute approximate surface area is 225 Å². The van der Waals surface area contributed by atoms with E-state index in [1.807, 2.05) is 6.92 Å². The van der Waals surface area contributed by atoms with Crippen molar-refractivity contribution < 1.29 is 23.1 Å². The second-order valence-electron chi connectivity index (χ2n) is 9.41. The number of halogens is 2. The summed E-state index contributed by atoms with van der Waals surface area (Å²) in [6, 6.07) is 6.98. The van der Waals surface area contributed by atoms with E-state index in [1.165, 1.54) is 30.6 Å². The van der Waals surface area contributed by atoms with Crippen LogP contribution in [-0.4, -0.2) is 46.4 Å². The highest BCUT2D eigenvalue weighted by Crippen LogP contribution is 2.40. The third kappa shape index (κ3) is 6.39. The predicted octanol–water partition coefficient (Wildman–Crippen LogP) is 5.25. The first-order chi connectivity index (χ1) is 18.7. The fraction of sp³-hybridized carbons (Fsp3) is 0.310. The van der Waals surface area contributed by atoms with Crippen molar-refractivity contribution in [1.29, 1.82) is 0 Å². The predicted molar refractivity (Wildman–Crippen MR) is 145 cm³/mol. The SMILES string of the molecule is C=CC(=O)N(CCC)CCOc1c(N)ncnc1-c1cc(F)cc(NC(=O)c2ccc(C3CC3)cc2F)c1C. The molecule has 10 heteroatoms. The van der Waals surface area contributed by atoms with Gasteiger partial charge in [-0.25, -0.2) is 18.7 Å². The molecule has 0 bridgehead atoms. The van der Waals surface area contributed by atoms with Crippen LogP contribution in [-0.2, 0) is 4.79 Å². The number of carbonyl (C=O) groups excluding carboxylic acids is 2. The summed E-state index contributed by atoms with van der Waals surface area (Å²) in [5.74, 6) is -1.70. The van der Waals surface area contributed by atoms with Crippen LogP contribution < -0.4 is 15.8 Å². The zero-order valence-electron chi connectivity index (χ0n) is 22.0. The number of nitrogen functional groups attached to an aromatic ring is 1. The number of nitrogens with zero attached hydrogens (tertiary/aromatic N) is 3. The summed E-state index contributed by atoms with van der Waals surface area (Å²) >= 11 is 0. The van der Waals surface area contributed by atoms with Crippen molar-refractivity contribution in [2.45, 2.75) is 39.0 Å². The monoisotopic (exact) mass is 535 g/mol. The minimum absolute atomic E-state index is 0.0316. The highest BCUT2D eigenvalue weighted by molar-refractivity contribution is 6.05. The van der Waals surface area contributed by atoms with E-state index in [4.69, 9.17) is 10.5 Å². The minimum Gasteiger partial charge on any atom is -0.486 e. The summed E-state index contributed by atoms with van der Waals surface area (Å²) in [5, 5.41) is 2.62. The van der Waals surface area contributed by atoms with Crippen molar-refractivity contribution in [3.63, 3.8) is 0 Å². The highest BCUT2D eigenvalue weighted by Gasteiger charge is 2.25. The van der Waals surface area contributed by atoms with Crippen molar-refractivity contribution in [3.8, 4) is 17.0 Å². The standard InChI is InChI=1S/C29H31F2N5O3/c1-4-10-36(25(37)5-2)11-12-39-27-26(33-16-34-28(27)32)22-14-20(30)15-24(17(22)3)35-29(38)21-9-8-19(13-23(21)31)18-6-7-18/h5,8-9,13-16,18H,2,4,6-7,10-12H2,1,3H3,(H,35,38)(H2,32,33,34). The maximum Gasteiger partial charge on any atom is 0.258 e. The average molecular weight is 536 g/mol. The molecule has 2 amide bonds. The van der Waals surface area contributed by atoms with Crippen LogP contribution in [0, 0.1) is 18.6 Å². The number of nitrogens with one attached hydrogen (secondary N) is 1. The van der Waals surface area contributed by atoms with Gasteiger partial charge in [0.25, 0.3) is 5.91 Å². The van der Waals surface area contributed by atoms with E-state index < -0.39 is 17.5 Å². The van der Waals surface area contributed by atoms with Gasteiger partial charge in [0.05, 0.1) is 12.1 Å². The summed E-state index contributed by atoms with van der Waals surface area (Å²) in [6.45, 7) is 8.02. The summed E-state index contributed by atoms with van der Waals surface area (Å²) < 4.78 is 35.4. The van der Waals surface area contributed by atoms with E-state index in [2.05, 4.69) is 21.9 Å². The van der Waals surface area contributed by atoms with Crippen LogP contribution in [0.15, 0.2) is 49.3 Å². The summed E-state index contributed by atoms with van der Waals surface area (Å²) in [7, 11) is 0. The molecule has 0 saturated heterocycles. The number of nitrogens with two attached hydrogens (primary N) is 1. The number of rotatable bonds is 11. The number of carbonyl (C=O) groups is 2. The fourth-order valence-electron chi connectivity index (χ4n) is 4.34. The van der Waals surface area contributed by atoms with E-state index in [1.54, 1.807) is 17.9 Å². The molecule has 3 aromatic rings. The van der Waals surface area contributed by atoms with Gasteiger partial charge in [0.2, 0.25) is 5.91 Å². The molecule has 4 rings (SSSR count). The van der Waals surface area contributed by atoms with Gasteiger partial charge in [0.15, 0.2) is 11.6 Å². The molecule has 0 radical (unpaired) electrons. The Morgan fingerprint density at radius 1 is 1.21 bits per heavy atom. The van der Waals surface area contributed by atoms with Crippen LogP contribution in [0.3, 0.4) is 0 Å². The Morgan fingerprint density at radius 3 is 2.64 bits per heavy atom. The van der Waals surface area contributed by atoms with Gasteiger partial charge in [0.1, 0.15) is 30.3 Å². The van der Waals surface area contributed by atoms with Crippen molar-refractivity contribution in [2.75, 3.05) is 30.7 Å². The Morgan fingerprint density at radius 2 is 1.97 bits per heavy atom. The first-order valence-corrected chi connectivity index (χ1v) is 12.8. The van der Waals surface area contributed by atoms with Crippen LogP contribution in [0.5, 0.6) is 5.75 Å². The first-order valence-electron chi connectivity index (χ1n) is 12.8. The first kappa shape index (κ1) is 27.7. The van der Waals surface area contributed by atoms with Crippen LogP contribution in [0.25, 0.3) is 11.3 Å². The Hall–Kier alpha value is -4.34. The Balaban J connectivity index is 1.59. The van der Waals surface area contributed by atoms with Crippen LogP contribution in [0.4, 0.5) is 20.3 Å². The molecule has 0 atom stereocenters. The van der Waals surface area contributed by atoms with Crippen molar-refractivity contribution >= 4 is 23.3 Å². The van der Waals surface area contributed by atoms with Crippen molar-refractivity contribution in [1.82, 2.24) is 14.9 Å². The lowest BCUT2D eigenvalue weighted by atomic mass is 10.0. The summed E-state index contributed by atoms with van der Waals surface area (Å²) in [4.78, 5) is 34.8. The van der Waals surface area contributed by atoms with Gasteiger partial charge in [0, 0.05) is 17.8 Å². The van der Waals surface area contributed by atoms with E-state index in [0.717, 1.165) is 30.9 Å². The van der Waals surface area contributed by atoms with E-state index in [-0.39, 0.29) is 47.6 Å². The number of hydrogen-bond acceptors (Lipinski definition) is 6. The number of amides is 2. The Bertz CT molecular complexity index is 1410. The van der Waals surface area contributed by atoms with Gasteiger partial charge in [-0.15, -0.1) is 0 Å². The number of ether oxygens (including phenoxy) is 1. The molecular weight excluding hydrogens is 504 g/mol. The van der Waals surface area contributed by atoms with Crippen LogP contribution in [0.2, 0.25) is 0 Å². The second-order valence-corrected chi connectivity index (χ2v) is 9.41. The summed E-state index contributed by atoms with van der Waals surface area (Å²) in [6.07, 6.45) is 5.24. The smallest absolute Gasteiger partial charge is 0.258 e. The normalized spacial score (nSPS) is 12.6. The number of benzene rings is 2. The molecular formula is C29H31F2N5O3. The van der Waals surface area contributed by atoms with Crippen LogP contribution >= 0.6 is 0 Å². The zero-order chi connectivity index (χ0) is 28.1. The van der Waals surface area contributed by atoms with Gasteiger partial charge in [-0.2, -0.15) is 0 Å². The van der Waals surface area contributed by atoms with Gasteiger partial charge >= 0.3 is 0 Å². The molecule has 1 heterocycles. The third-order valence-corrected chi connectivity index (χ3v) is 6.58. The minimum atomic E-state index is -0.698. The topological polar surface area (TPSA) is 110 Å². The molecule has 1 aliphatic carbocycles. The molecule has 1 aromatic heterocycles. The molecule has 1 fully saturated rings. The molecule has 39 heavy (non-hydrogen) atoms. The Kier molecular flexibility index (Phi) is 8.53. The molecule has 0 unspecified atom stereocenters. The maximum atomic E-state index is 14.8. The van der Waals surface area contributed by atoms with Crippen molar-refractivity contribution in [2.24, 2.45) is 0 Å². The highest BCUT2D eigenvalue weighted by atomic mass is 19.1. The molecule has 8 nitrogen and oxygen atoms in total. The van der Waals surface area contributed by atoms with E-state index in [9.17, 15) is 18.4 Å². The van der Waals surface area contributed by atoms with Gasteiger partial charge < -0.3 is 20.7 Å². The molecule has 1 saturated carbocycles. The number of aromatic nitrogens is 2. The average Bonchev–Trinajstić information content (AvgIpc) is 3.76. The van der Waals surface area contributed by atoms with E-state index in [0.29, 0.717) is 23.6 Å². The molecule has 0 spiro atoms. The third-order valence-electron chi connectivity index (χ3n) is 6.58. The molecule has 2 aromatic carbocycles. The second kappa shape index (κ2) is 12.0. The van der Waals surface area contributed by atoms with Crippen LogP contribution in [0.1, 0.15) is 53.6 Å². The van der Waals surface area contributed by atoms with Crippen molar-refractivity contribution in [3.05, 3.63) is 77.6 Å². The molecule has 1 aliphatic rings. The molecule has 204 valence electrons.